The summed E-state index contributed by atoms with van der Waals surface area (Å²) in [7, 11) is 0. The minimum atomic E-state index is -0.477. The molecule has 2 aliphatic rings. The van der Waals surface area contributed by atoms with Crippen LogP contribution in [0.5, 0.6) is 0 Å². The molecule has 0 bridgehead atoms. The normalized spacial score (nSPS) is 18.0. The van der Waals surface area contributed by atoms with Crippen LogP contribution >= 0.6 is 0 Å². The molecule has 0 atom stereocenters. The van der Waals surface area contributed by atoms with Crippen LogP contribution in [-0.2, 0) is 11.3 Å². The van der Waals surface area contributed by atoms with Gasteiger partial charge in [-0.1, -0.05) is 25.8 Å². The summed E-state index contributed by atoms with van der Waals surface area (Å²) in [6.45, 7) is 5.90. The average Bonchev–Trinajstić information content (AvgIpc) is 2.40. The van der Waals surface area contributed by atoms with Crippen LogP contribution in [0.2, 0.25) is 0 Å². The summed E-state index contributed by atoms with van der Waals surface area (Å²) < 4.78 is 5.22. The molecule has 1 N–H and O–H groups in total. The number of carbonyl (C=O) groups excluding carboxylic acids is 1. The van der Waals surface area contributed by atoms with E-state index in [9.17, 15) is 9.59 Å². The van der Waals surface area contributed by atoms with Gasteiger partial charge in [-0.25, -0.2) is 4.79 Å². The molecule has 2 heterocycles. The van der Waals surface area contributed by atoms with Gasteiger partial charge < -0.3 is 9.73 Å². The maximum Gasteiger partial charge on any atom is 0.337 e. The standard InChI is InChI=1S/C16H20N2O4/c1-3-21-18-10(2)17-15(20)14-12(8-7-11-5-4-6-11)9-13(19)22-16(14)18/h9,11H,2-8H2,1H3,(H,17,20). The Morgan fingerprint density at radius 2 is 2.23 bits per heavy atom. The first kappa shape index (κ1) is 14.8. The number of nitrogens with zero attached hydrogens (tertiary/aromatic N) is 1. The molecule has 1 aromatic heterocycles. The number of hydrogen-bond acceptors (Lipinski definition) is 5. The van der Waals surface area contributed by atoms with Crippen LogP contribution in [0.3, 0.4) is 0 Å². The summed E-state index contributed by atoms with van der Waals surface area (Å²) in [5, 5.41) is 3.93. The van der Waals surface area contributed by atoms with Crippen molar-refractivity contribution in [1.29, 1.82) is 0 Å². The van der Waals surface area contributed by atoms with E-state index in [2.05, 4.69) is 11.9 Å². The minimum absolute atomic E-state index is 0.131. The first-order chi connectivity index (χ1) is 10.6. The van der Waals surface area contributed by atoms with Crippen LogP contribution < -0.4 is 16.0 Å². The molecular formula is C16H20N2O4. The highest BCUT2D eigenvalue weighted by molar-refractivity contribution is 6.03. The molecule has 0 radical (unpaired) electrons. The van der Waals surface area contributed by atoms with Crippen molar-refractivity contribution < 1.29 is 14.0 Å². The summed E-state index contributed by atoms with van der Waals surface area (Å²) in [4.78, 5) is 29.6. The lowest BCUT2D eigenvalue weighted by Crippen LogP contribution is -2.42. The molecular weight excluding hydrogens is 284 g/mol. The molecule has 1 aromatic rings. The van der Waals surface area contributed by atoms with E-state index in [4.69, 9.17) is 9.25 Å². The van der Waals surface area contributed by atoms with Crippen LogP contribution in [0, 0.1) is 5.92 Å². The van der Waals surface area contributed by atoms with Gasteiger partial charge in [0.05, 0.1) is 6.61 Å². The Balaban J connectivity index is 1.97. The van der Waals surface area contributed by atoms with Gasteiger partial charge in [0.15, 0.2) is 0 Å². The molecule has 1 aliphatic carbocycles. The maximum absolute atomic E-state index is 12.3. The van der Waals surface area contributed by atoms with Gasteiger partial charge in [-0.15, -0.1) is 0 Å². The number of hydroxylamine groups is 1. The van der Waals surface area contributed by atoms with Gasteiger partial charge in [0.1, 0.15) is 11.4 Å². The van der Waals surface area contributed by atoms with E-state index >= 15 is 0 Å². The van der Waals surface area contributed by atoms with E-state index in [0.717, 1.165) is 6.42 Å². The summed E-state index contributed by atoms with van der Waals surface area (Å²) in [6, 6.07) is 1.41. The van der Waals surface area contributed by atoms with E-state index in [1.807, 2.05) is 6.92 Å². The molecule has 1 amide bonds. The number of nitrogens with one attached hydrogen (secondary N) is 1. The van der Waals surface area contributed by atoms with E-state index < -0.39 is 5.63 Å². The van der Waals surface area contributed by atoms with Crippen molar-refractivity contribution in [3.63, 3.8) is 0 Å². The molecule has 6 heteroatoms. The number of carbonyl (C=O) groups is 1. The maximum atomic E-state index is 12.3. The lowest BCUT2D eigenvalue weighted by atomic mass is 9.81. The summed E-state index contributed by atoms with van der Waals surface area (Å²) in [5.41, 5.74) is 0.613. The molecule has 3 rings (SSSR count). The first-order valence-electron chi connectivity index (χ1n) is 7.70. The first-order valence-corrected chi connectivity index (χ1v) is 7.70. The Morgan fingerprint density at radius 3 is 2.86 bits per heavy atom. The topological polar surface area (TPSA) is 71.8 Å². The quantitative estimate of drug-likeness (QED) is 0.904. The number of fused-ring (bicyclic) bond motifs is 1. The zero-order valence-corrected chi connectivity index (χ0v) is 12.7. The zero-order chi connectivity index (χ0) is 15.7. The summed E-state index contributed by atoms with van der Waals surface area (Å²) in [5.74, 6) is 0.779. The van der Waals surface area contributed by atoms with Crippen LogP contribution in [0.15, 0.2) is 27.7 Å². The number of rotatable bonds is 5. The van der Waals surface area contributed by atoms with Crippen LogP contribution in [-0.4, -0.2) is 12.5 Å². The van der Waals surface area contributed by atoms with E-state index in [-0.39, 0.29) is 17.6 Å². The van der Waals surface area contributed by atoms with Gasteiger partial charge >= 0.3 is 5.63 Å². The molecule has 6 nitrogen and oxygen atoms in total. The largest absolute Gasteiger partial charge is 0.403 e. The third-order valence-electron chi connectivity index (χ3n) is 4.24. The van der Waals surface area contributed by atoms with Crippen molar-refractivity contribution in [2.45, 2.75) is 39.0 Å². The van der Waals surface area contributed by atoms with Gasteiger partial charge in [0.25, 0.3) is 5.91 Å². The summed E-state index contributed by atoms with van der Waals surface area (Å²) in [6.07, 6.45) is 5.42. The molecule has 1 saturated carbocycles. The minimum Gasteiger partial charge on any atom is -0.403 e. The number of amides is 1. The van der Waals surface area contributed by atoms with E-state index in [1.165, 1.54) is 30.4 Å². The number of anilines is 1. The van der Waals surface area contributed by atoms with Gasteiger partial charge in [0.2, 0.25) is 5.88 Å². The van der Waals surface area contributed by atoms with Crippen LogP contribution in [0.1, 0.15) is 48.5 Å². The van der Waals surface area contributed by atoms with E-state index in [1.54, 1.807) is 0 Å². The Morgan fingerprint density at radius 1 is 1.45 bits per heavy atom. The highest BCUT2D eigenvalue weighted by Gasteiger charge is 2.32. The van der Waals surface area contributed by atoms with Gasteiger partial charge in [-0.05, 0) is 31.2 Å². The fraction of sp³-hybridized carbons (Fsp3) is 0.500. The lowest BCUT2D eigenvalue weighted by Gasteiger charge is -2.30. The average molecular weight is 304 g/mol. The third-order valence-corrected chi connectivity index (χ3v) is 4.24. The highest BCUT2D eigenvalue weighted by atomic mass is 16.7. The second-order valence-corrected chi connectivity index (χ2v) is 5.72. The molecule has 0 saturated heterocycles. The number of hydrogen-bond donors (Lipinski definition) is 1. The van der Waals surface area contributed by atoms with Gasteiger partial charge in [-0.2, -0.15) is 5.06 Å². The zero-order valence-electron chi connectivity index (χ0n) is 12.7. The van der Waals surface area contributed by atoms with E-state index in [0.29, 0.717) is 30.1 Å². The fourth-order valence-corrected chi connectivity index (χ4v) is 2.88. The molecule has 118 valence electrons. The van der Waals surface area contributed by atoms with Crippen molar-refractivity contribution >= 4 is 11.8 Å². The molecule has 0 unspecified atom stereocenters. The molecule has 1 aliphatic heterocycles. The molecule has 0 spiro atoms. The van der Waals surface area contributed by atoms with Crippen LogP contribution in [0.25, 0.3) is 0 Å². The SMILES string of the molecule is C=C1NC(=O)c2c(CCC3CCC3)cc(=O)oc2N1OCC. The second-order valence-electron chi connectivity index (χ2n) is 5.72. The van der Waals surface area contributed by atoms with Gasteiger partial charge in [0, 0.05) is 6.07 Å². The fourth-order valence-electron chi connectivity index (χ4n) is 2.88. The second kappa shape index (κ2) is 5.96. The lowest BCUT2D eigenvalue weighted by molar-refractivity contribution is 0.0869. The predicted molar refractivity (Wildman–Crippen MR) is 81.4 cm³/mol. The van der Waals surface area contributed by atoms with Gasteiger partial charge in [-0.3, -0.25) is 9.63 Å². The Labute approximate surface area is 128 Å². The summed E-state index contributed by atoms with van der Waals surface area (Å²) >= 11 is 0. The van der Waals surface area contributed by atoms with Crippen molar-refractivity contribution in [2.24, 2.45) is 5.92 Å². The Bertz CT molecular complexity index is 661. The Hall–Kier alpha value is -2.08. The van der Waals surface area contributed by atoms with Crippen molar-refractivity contribution in [3.05, 3.63) is 40.0 Å². The smallest absolute Gasteiger partial charge is 0.337 e. The molecule has 22 heavy (non-hydrogen) atoms. The van der Waals surface area contributed by atoms with Crippen molar-refractivity contribution in [3.8, 4) is 0 Å². The van der Waals surface area contributed by atoms with Crippen LogP contribution in [0.4, 0.5) is 5.88 Å². The Kier molecular flexibility index (Phi) is 4.02. The molecule has 0 aromatic carbocycles. The number of aryl methyl sites for hydroxylation is 1. The molecule has 1 fully saturated rings. The van der Waals surface area contributed by atoms with Crippen molar-refractivity contribution in [2.75, 3.05) is 11.7 Å². The van der Waals surface area contributed by atoms with Crippen molar-refractivity contribution in [1.82, 2.24) is 5.32 Å². The third kappa shape index (κ3) is 2.66. The monoisotopic (exact) mass is 304 g/mol. The predicted octanol–water partition coefficient (Wildman–Crippen LogP) is 2.35. The highest BCUT2D eigenvalue weighted by Crippen LogP contribution is 2.33.